The zero-order valence-electron chi connectivity index (χ0n) is 9.88. The summed E-state index contributed by atoms with van der Waals surface area (Å²) in [6.07, 6.45) is 0. The molecule has 0 aromatic heterocycles. The number of hydrogen-bond acceptors (Lipinski definition) is 0. The summed E-state index contributed by atoms with van der Waals surface area (Å²) >= 11 is 0. The van der Waals surface area contributed by atoms with Crippen LogP contribution in [0, 0.1) is 0 Å². The molecule has 0 atom stereocenters. The van der Waals surface area contributed by atoms with E-state index in [0.717, 1.165) is 11.1 Å². The molecule has 0 nitrogen and oxygen atoms in total. The van der Waals surface area contributed by atoms with E-state index in [1.165, 1.54) is 21.9 Å². The molecule has 0 saturated heterocycles. The van der Waals surface area contributed by atoms with Crippen LogP contribution < -0.4 is 0 Å². The summed E-state index contributed by atoms with van der Waals surface area (Å²) in [5.74, 6) is 0. The molecule has 0 spiro atoms. The molecule has 0 bridgehead atoms. The van der Waals surface area contributed by atoms with Crippen molar-refractivity contribution in [1.29, 1.82) is 0 Å². The van der Waals surface area contributed by atoms with Crippen molar-refractivity contribution < 1.29 is 0 Å². The van der Waals surface area contributed by atoms with E-state index in [4.69, 9.17) is 0 Å². The van der Waals surface area contributed by atoms with E-state index in [9.17, 15) is 0 Å². The van der Waals surface area contributed by atoms with Gasteiger partial charge in [-0.15, -0.1) is 0 Å². The quantitative estimate of drug-likeness (QED) is 0.658. The highest BCUT2D eigenvalue weighted by atomic mass is 14.0. The predicted octanol–water partition coefficient (Wildman–Crippen LogP) is 4.91. The summed E-state index contributed by atoms with van der Waals surface area (Å²) in [7, 11) is 0. The van der Waals surface area contributed by atoms with Crippen LogP contribution in [-0.2, 0) is 0 Å². The van der Waals surface area contributed by atoms with Gasteiger partial charge in [0, 0.05) is 0 Å². The maximum atomic E-state index is 3.96. The number of rotatable bonds is 2. The van der Waals surface area contributed by atoms with Gasteiger partial charge in [-0.1, -0.05) is 48.6 Å². The van der Waals surface area contributed by atoms with Gasteiger partial charge in [0.05, 0.1) is 0 Å². The zero-order valence-corrected chi connectivity index (χ0v) is 9.88. The summed E-state index contributed by atoms with van der Waals surface area (Å²) in [6, 6.07) is 12.9. The van der Waals surface area contributed by atoms with Gasteiger partial charge >= 0.3 is 0 Å². The fourth-order valence-corrected chi connectivity index (χ4v) is 1.78. The average Bonchev–Trinajstić information content (AvgIpc) is 2.27. The molecule has 0 radical (unpaired) electrons. The van der Waals surface area contributed by atoms with E-state index < -0.39 is 0 Å². The fraction of sp³-hybridized carbons (Fsp3) is 0.125. The monoisotopic (exact) mass is 208 g/mol. The van der Waals surface area contributed by atoms with Crippen molar-refractivity contribution in [1.82, 2.24) is 0 Å². The number of fused-ring (bicyclic) bond motifs is 1. The summed E-state index contributed by atoms with van der Waals surface area (Å²) < 4.78 is 0. The summed E-state index contributed by atoms with van der Waals surface area (Å²) in [5.41, 5.74) is 4.61. The van der Waals surface area contributed by atoms with Gasteiger partial charge in [0.1, 0.15) is 0 Å². The smallest absolute Gasteiger partial charge is 0.0178 e. The Morgan fingerprint density at radius 2 is 1.12 bits per heavy atom. The van der Waals surface area contributed by atoms with Gasteiger partial charge in [-0.05, 0) is 47.9 Å². The molecule has 0 aliphatic heterocycles. The van der Waals surface area contributed by atoms with E-state index in [1.807, 2.05) is 13.8 Å². The molecule has 2 aromatic carbocycles. The van der Waals surface area contributed by atoms with Gasteiger partial charge in [-0.25, -0.2) is 0 Å². The van der Waals surface area contributed by atoms with Crippen molar-refractivity contribution in [2.24, 2.45) is 0 Å². The second-order valence-electron chi connectivity index (χ2n) is 4.34. The predicted molar refractivity (Wildman–Crippen MR) is 73.4 cm³/mol. The van der Waals surface area contributed by atoms with Gasteiger partial charge in [-0.2, -0.15) is 0 Å². The highest BCUT2D eigenvalue weighted by Crippen LogP contribution is 2.23. The minimum absolute atomic E-state index is 1.10. The molecule has 0 aliphatic rings. The van der Waals surface area contributed by atoms with Crippen molar-refractivity contribution in [2.45, 2.75) is 13.8 Å². The van der Waals surface area contributed by atoms with Crippen LogP contribution in [0.3, 0.4) is 0 Å². The van der Waals surface area contributed by atoms with E-state index in [2.05, 4.69) is 49.6 Å². The maximum absolute atomic E-state index is 3.96. The molecule has 0 fully saturated rings. The van der Waals surface area contributed by atoms with Gasteiger partial charge in [0.15, 0.2) is 0 Å². The molecule has 0 aliphatic carbocycles. The van der Waals surface area contributed by atoms with Crippen LogP contribution in [0.4, 0.5) is 0 Å². The molecule has 0 amide bonds. The molecule has 80 valence electrons. The first kappa shape index (κ1) is 10.7. The highest BCUT2D eigenvalue weighted by Gasteiger charge is 1.99. The van der Waals surface area contributed by atoms with Gasteiger partial charge in [-0.3, -0.25) is 0 Å². The molecular weight excluding hydrogens is 192 g/mol. The number of allylic oxidation sites excluding steroid dienone is 2. The van der Waals surface area contributed by atoms with E-state index in [1.54, 1.807) is 0 Å². The summed E-state index contributed by atoms with van der Waals surface area (Å²) in [5, 5.41) is 2.51. The van der Waals surface area contributed by atoms with Gasteiger partial charge in [0.2, 0.25) is 0 Å². The van der Waals surface area contributed by atoms with Crippen LogP contribution in [0.15, 0.2) is 49.6 Å². The third kappa shape index (κ3) is 1.92. The lowest BCUT2D eigenvalue weighted by molar-refractivity contribution is 1.59. The van der Waals surface area contributed by atoms with E-state index in [0.29, 0.717) is 0 Å². The third-order valence-electron chi connectivity index (χ3n) is 2.83. The van der Waals surface area contributed by atoms with Crippen molar-refractivity contribution >= 4 is 21.9 Å². The molecule has 0 heterocycles. The molecule has 16 heavy (non-hydrogen) atoms. The molecule has 2 aromatic rings. The van der Waals surface area contributed by atoms with E-state index >= 15 is 0 Å². The Balaban J connectivity index is 2.61. The average molecular weight is 208 g/mol. The minimum atomic E-state index is 1.10. The standard InChI is InChI=1S/C16H16/c1-11(2)13-5-7-16-10-14(12(3)4)6-8-15(16)9-13/h5-10H,1,3H2,2,4H3. The van der Waals surface area contributed by atoms with Crippen molar-refractivity contribution in [2.75, 3.05) is 0 Å². The van der Waals surface area contributed by atoms with Crippen molar-refractivity contribution in [3.8, 4) is 0 Å². The number of hydrogen-bond donors (Lipinski definition) is 0. The maximum Gasteiger partial charge on any atom is -0.0178 e. The van der Waals surface area contributed by atoms with Crippen LogP contribution in [0.2, 0.25) is 0 Å². The van der Waals surface area contributed by atoms with Gasteiger partial charge < -0.3 is 0 Å². The Morgan fingerprint density at radius 1 is 0.750 bits per heavy atom. The molecule has 0 saturated carbocycles. The molecule has 2 rings (SSSR count). The van der Waals surface area contributed by atoms with Gasteiger partial charge in [0.25, 0.3) is 0 Å². The van der Waals surface area contributed by atoms with E-state index in [-0.39, 0.29) is 0 Å². The first-order valence-corrected chi connectivity index (χ1v) is 5.43. The Labute approximate surface area is 96.9 Å². The normalized spacial score (nSPS) is 10.4. The summed E-state index contributed by atoms with van der Waals surface area (Å²) in [6.45, 7) is 12.0. The zero-order chi connectivity index (χ0) is 11.7. The fourth-order valence-electron chi connectivity index (χ4n) is 1.78. The van der Waals surface area contributed by atoms with Crippen molar-refractivity contribution in [3.63, 3.8) is 0 Å². The molecule has 0 N–H and O–H groups in total. The Bertz CT molecular complexity index is 520. The van der Waals surface area contributed by atoms with Crippen LogP contribution in [-0.4, -0.2) is 0 Å². The van der Waals surface area contributed by atoms with Crippen LogP contribution in [0.25, 0.3) is 21.9 Å². The second kappa shape index (κ2) is 3.97. The first-order chi connectivity index (χ1) is 7.58. The number of benzene rings is 2. The topological polar surface area (TPSA) is 0 Å². The SMILES string of the molecule is C=C(C)c1ccc2cc(C(=C)C)ccc2c1. The largest absolute Gasteiger partial charge is 0.0955 e. The minimum Gasteiger partial charge on any atom is -0.0955 e. The molecule has 0 heteroatoms. The lowest BCUT2D eigenvalue weighted by atomic mass is 10.00. The van der Waals surface area contributed by atoms with Crippen LogP contribution >= 0.6 is 0 Å². The summed E-state index contributed by atoms with van der Waals surface area (Å²) in [4.78, 5) is 0. The highest BCUT2D eigenvalue weighted by molar-refractivity contribution is 5.88. The van der Waals surface area contributed by atoms with Crippen LogP contribution in [0.5, 0.6) is 0 Å². The lowest BCUT2D eigenvalue weighted by Crippen LogP contribution is -1.82. The Hall–Kier alpha value is -1.82. The first-order valence-electron chi connectivity index (χ1n) is 5.43. The second-order valence-corrected chi connectivity index (χ2v) is 4.34. The van der Waals surface area contributed by atoms with Crippen LogP contribution in [0.1, 0.15) is 25.0 Å². The van der Waals surface area contributed by atoms with Crippen molar-refractivity contribution in [3.05, 3.63) is 60.7 Å². The molecular formula is C16H16. The molecule has 0 unspecified atom stereocenters. The third-order valence-corrected chi connectivity index (χ3v) is 2.83. The Kier molecular flexibility index (Phi) is 2.66. The lowest BCUT2D eigenvalue weighted by Gasteiger charge is -2.05. The Morgan fingerprint density at radius 3 is 1.44 bits per heavy atom.